The zero-order valence-corrected chi connectivity index (χ0v) is 10.0. The van der Waals surface area contributed by atoms with Crippen LogP contribution in [0.25, 0.3) is 10.9 Å². The molecule has 1 saturated carbocycles. The molecule has 1 fully saturated rings. The smallest absolute Gasteiger partial charge is 0.0471 e. The van der Waals surface area contributed by atoms with Crippen LogP contribution < -0.4 is 5.73 Å². The largest absolute Gasteiger partial charge is 0.361 e. The average Bonchev–Trinajstić information content (AvgIpc) is 2.94. The second-order valence-corrected chi connectivity index (χ2v) is 5.27. The zero-order valence-electron chi connectivity index (χ0n) is 9.26. The van der Waals surface area contributed by atoms with Gasteiger partial charge in [0.15, 0.2) is 0 Å². The van der Waals surface area contributed by atoms with Crippen LogP contribution >= 0.6 is 11.6 Å². The first-order chi connectivity index (χ1) is 7.63. The van der Waals surface area contributed by atoms with Crippen LogP contribution in [-0.4, -0.2) is 11.0 Å². The number of hydrogen-bond acceptors (Lipinski definition) is 1. The van der Waals surface area contributed by atoms with E-state index in [0.29, 0.717) is 0 Å². The zero-order chi connectivity index (χ0) is 11.3. The summed E-state index contributed by atoms with van der Waals surface area (Å²) in [6.07, 6.45) is 4.48. The lowest BCUT2D eigenvalue weighted by atomic mass is 9.89. The Balaban J connectivity index is 2.19. The molecule has 1 atom stereocenters. The number of nitrogens with one attached hydrogen (secondary N) is 1. The SMILES string of the molecule is CC(N)C1(c2c[nH]c3cc(Cl)ccc23)CC1. The standard InChI is InChI=1S/C13H15ClN2/c1-8(15)13(4-5-13)11-7-16-12-6-9(14)2-3-10(11)12/h2-3,6-8,16H,4-5,15H2,1H3. The molecule has 3 rings (SSSR count). The first kappa shape index (κ1) is 10.2. The van der Waals surface area contributed by atoms with E-state index in [9.17, 15) is 0 Å². The number of rotatable bonds is 2. The van der Waals surface area contributed by atoms with Gasteiger partial charge in [0, 0.05) is 33.6 Å². The fourth-order valence-electron chi connectivity index (χ4n) is 2.61. The van der Waals surface area contributed by atoms with Gasteiger partial charge in [-0.25, -0.2) is 0 Å². The van der Waals surface area contributed by atoms with E-state index < -0.39 is 0 Å². The van der Waals surface area contributed by atoms with Gasteiger partial charge < -0.3 is 10.7 Å². The predicted molar refractivity (Wildman–Crippen MR) is 67.9 cm³/mol. The van der Waals surface area contributed by atoms with Crippen molar-refractivity contribution in [2.45, 2.75) is 31.2 Å². The second kappa shape index (κ2) is 3.25. The maximum Gasteiger partial charge on any atom is 0.0471 e. The van der Waals surface area contributed by atoms with Crippen molar-refractivity contribution in [2.75, 3.05) is 0 Å². The minimum absolute atomic E-state index is 0.200. The van der Waals surface area contributed by atoms with Crippen molar-refractivity contribution in [1.82, 2.24) is 4.98 Å². The lowest BCUT2D eigenvalue weighted by Gasteiger charge is -2.18. The molecule has 3 heteroatoms. The molecule has 84 valence electrons. The third-order valence-electron chi connectivity index (χ3n) is 3.84. The van der Waals surface area contributed by atoms with Gasteiger partial charge >= 0.3 is 0 Å². The fraction of sp³-hybridized carbons (Fsp3) is 0.385. The highest BCUT2D eigenvalue weighted by Gasteiger charge is 2.48. The van der Waals surface area contributed by atoms with E-state index in [0.717, 1.165) is 10.5 Å². The van der Waals surface area contributed by atoms with Crippen molar-refractivity contribution in [1.29, 1.82) is 0 Å². The van der Waals surface area contributed by atoms with E-state index in [4.69, 9.17) is 17.3 Å². The van der Waals surface area contributed by atoms with Crippen LogP contribution in [0.5, 0.6) is 0 Å². The van der Waals surface area contributed by atoms with Gasteiger partial charge in [0.1, 0.15) is 0 Å². The summed E-state index contributed by atoms with van der Waals surface area (Å²) >= 11 is 5.98. The molecule has 1 aliphatic rings. The molecule has 1 heterocycles. The lowest BCUT2D eigenvalue weighted by Crippen LogP contribution is -2.31. The van der Waals surface area contributed by atoms with Gasteiger partial charge in [-0.1, -0.05) is 17.7 Å². The normalized spacial score (nSPS) is 19.9. The average molecular weight is 235 g/mol. The minimum Gasteiger partial charge on any atom is -0.361 e. The Morgan fingerprint density at radius 2 is 2.19 bits per heavy atom. The number of nitrogens with two attached hydrogens (primary N) is 1. The monoisotopic (exact) mass is 234 g/mol. The Kier molecular flexibility index (Phi) is 2.07. The van der Waals surface area contributed by atoms with Gasteiger partial charge in [-0.2, -0.15) is 0 Å². The molecule has 3 N–H and O–H groups in total. The Bertz CT molecular complexity index is 538. The van der Waals surface area contributed by atoms with Gasteiger partial charge in [-0.3, -0.25) is 0 Å². The number of aromatic nitrogens is 1. The predicted octanol–water partition coefficient (Wildman–Crippen LogP) is 3.20. The summed E-state index contributed by atoms with van der Waals surface area (Å²) in [6.45, 7) is 2.10. The molecule has 0 aliphatic heterocycles. The summed E-state index contributed by atoms with van der Waals surface area (Å²) in [5, 5.41) is 2.03. The van der Waals surface area contributed by atoms with Gasteiger partial charge in [0.25, 0.3) is 0 Å². The van der Waals surface area contributed by atoms with E-state index in [1.165, 1.54) is 23.8 Å². The van der Waals surface area contributed by atoms with Crippen molar-refractivity contribution in [3.8, 4) is 0 Å². The summed E-state index contributed by atoms with van der Waals surface area (Å²) in [4.78, 5) is 3.29. The second-order valence-electron chi connectivity index (χ2n) is 4.84. The number of H-pyrrole nitrogens is 1. The van der Waals surface area contributed by atoms with Gasteiger partial charge in [0.05, 0.1) is 0 Å². The molecule has 1 aliphatic carbocycles. The van der Waals surface area contributed by atoms with Gasteiger partial charge in [0.2, 0.25) is 0 Å². The number of fused-ring (bicyclic) bond motifs is 1. The summed E-state index contributed by atoms with van der Waals surface area (Å²) < 4.78 is 0. The van der Waals surface area contributed by atoms with Crippen LogP contribution in [0.2, 0.25) is 5.02 Å². The molecular weight excluding hydrogens is 220 g/mol. The topological polar surface area (TPSA) is 41.8 Å². The maximum atomic E-state index is 6.10. The Hall–Kier alpha value is -0.990. The van der Waals surface area contributed by atoms with Crippen molar-refractivity contribution in [3.05, 3.63) is 35.0 Å². The highest BCUT2D eigenvalue weighted by molar-refractivity contribution is 6.31. The first-order valence-corrected chi connectivity index (χ1v) is 6.04. The number of halogens is 1. The molecule has 16 heavy (non-hydrogen) atoms. The molecule has 2 aromatic rings. The van der Waals surface area contributed by atoms with Crippen molar-refractivity contribution in [2.24, 2.45) is 5.73 Å². The van der Waals surface area contributed by atoms with Crippen LogP contribution in [0.15, 0.2) is 24.4 Å². The summed E-state index contributed by atoms with van der Waals surface area (Å²) in [6, 6.07) is 6.21. The molecule has 0 amide bonds. The van der Waals surface area contributed by atoms with Crippen LogP contribution in [0.3, 0.4) is 0 Å². The highest BCUT2D eigenvalue weighted by Crippen LogP contribution is 2.52. The summed E-state index contributed by atoms with van der Waals surface area (Å²) in [5.41, 5.74) is 8.77. The van der Waals surface area contributed by atoms with E-state index in [1.807, 2.05) is 12.1 Å². The van der Waals surface area contributed by atoms with Crippen molar-refractivity contribution >= 4 is 22.5 Å². The number of aromatic amines is 1. The Labute approximate surface area is 99.8 Å². The molecule has 0 saturated heterocycles. The molecule has 0 radical (unpaired) electrons. The molecule has 1 aromatic carbocycles. The number of hydrogen-bond donors (Lipinski definition) is 2. The summed E-state index contributed by atoms with van der Waals surface area (Å²) in [7, 11) is 0. The molecular formula is C13H15ClN2. The van der Waals surface area contributed by atoms with Gasteiger partial charge in [-0.15, -0.1) is 0 Å². The van der Waals surface area contributed by atoms with Crippen LogP contribution in [0.4, 0.5) is 0 Å². The van der Waals surface area contributed by atoms with E-state index >= 15 is 0 Å². The van der Waals surface area contributed by atoms with Gasteiger partial charge in [-0.05, 0) is 37.5 Å². The third kappa shape index (κ3) is 1.30. The molecule has 1 unspecified atom stereocenters. The van der Waals surface area contributed by atoms with Crippen molar-refractivity contribution < 1.29 is 0 Å². The third-order valence-corrected chi connectivity index (χ3v) is 4.08. The molecule has 1 aromatic heterocycles. The fourth-order valence-corrected chi connectivity index (χ4v) is 2.79. The highest BCUT2D eigenvalue weighted by atomic mass is 35.5. The van der Waals surface area contributed by atoms with E-state index in [1.54, 1.807) is 0 Å². The van der Waals surface area contributed by atoms with Crippen LogP contribution in [-0.2, 0) is 5.41 Å². The Morgan fingerprint density at radius 3 is 2.81 bits per heavy atom. The molecule has 0 spiro atoms. The summed E-state index contributed by atoms with van der Waals surface area (Å²) in [5.74, 6) is 0. The molecule has 2 nitrogen and oxygen atoms in total. The quantitative estimate of drug-likeness (QED) is 0.823. The van der Waals surface area contributed by atoms with Crippen LogP contribution in [0.1, 0.15) is 25.3 Å². The molecule has 0 bridgehead atoms. The maximum absolute atomic E-state index is 6.10. The Morgan fingerprint density at radius 1 is 1.44 bits per heavy atom. The van der Waals surface area contributed by atoms with E-state index in [-0.39, 0.29) is 11.5 Å². The number of benzene rings is 1. The first-order valence-electron chi connectivity index (χ1n) is 5.66. The lowest BCUT2D eigenvalue weighted by molar-refractivity contribution is 0.560. The van der Waals surface area contributed by atoms with E-state index in [2.05, 4.69) is 24.2 Å². The minimum atomic E-state index is 0.200. The van der Waals surface area contributed by atoms with Crippen molar-refractivity contribution in [3.63, 3.8) is 0 Å². The van der Waals surface area contributed by atoms with Crippen LogP contribution in [0, 0.1) is 0 Å².